The summed E-state index contributed by atoms with van der Waals surface area (Å²) in [6.07, 6.45) is 1.74. The monoisotopic (exact) mass is 165 g/mol. The highest BCUT2D eigenvalue weighted by Crippen LogP contribution is 2.06. The third kappa shape index (κ3) is 15.6. The van der Waals surface area contributed by atoms with Gasteiger partial charge in [-0.2, -0.15) is 0 Å². The highest BCUT2D eigenvalue weighted by atomic mass is 31.2. The van der Waals surface area contributed by atoms with Crippen molar-refractivity contribution in [3.05, 3.63) is 0 Å². The van der Waals surface area contributed by atoms with Crippen LogP contribution in [-0.4, -0.2) is 19.4 Å². The molecule has 1 rings (SSSR count). The number of aliphatic imine (C=N–C) groups is 1. The van der Waals surface area contributed by atoms with Crippen molar-refractivity contribution in [3.63, 3.8) is 0 Å². The third-order valence-corrected chi connectivity index (χ3v) is 0.568. The zero-order chi connectivity index (χ0) is 8.04. The van der Waals surface area contributed by atoms with Crippen LogP contribution in [0.2, 0.25) is 0 Å². The summed E-state index contributed by atoms with van der Waals surface area (Å²) in [5.41, 5.74) is 13.4. The van der Waals surface area contributed by atoms with Gasteiger partial charge < -0.3 is 5.32 Å². The van der Waals surface area contributed by atoms with E-state index in [-0.39, 0.29) is 0 Å². The van der Waals surface area contributed by atoms with Gasteiger partial charge in [0.15, 0.2) is 0 Å². The van der Waals surface area contributed by atoms with Gasteiger partial charge >= 0.3 is 0 Å². The van der Waals surface area contributed by atoms with Crippen LogP contribution in [0.3, 0.4) is 0 Å². The molecule has 0 unspecified atom stereocenters. The van der Waals surface area contributed by atoms with E-state index in [1.807, 2.05) is 0 Å². The quantitative estimate of drug-likeness (QED) is 0.329. The largest absolute Gasteiger partial charge is 0.375 e. The second-order valence-electron chi connectivity index (χ2n) is 1.75. The Balaban J connectivity index is 0.000000162. The number of hydrogen-bond acceptors (Lipinski definition) is 3. The molecule has 0 aromatic heterocycles. The Morgan fingerprint density at radius 1 is 1.50 bits per heavy atom. The molecule has 0 amide bonds. The molecular weight excluding hydrogens is 153 g/mol. The van der Waals surface area contributed by atoms with Crippen molar-refractivity contribution in [2.45, 2.75) is 0 Å². The molecule has 0 fully saturated rings. The molecule has 0 aromatic carbocycles. The summed E-state index contributed by atoms with van der Waals surface area (Å²) in [4.78, 5) is 3.85. The summed E-state index contributed by atoms with van der Waals surface area (Å²) in [5, 5.41) is 2.93. The van der Waals surface area contributed by atoms with Crippen molar-refractivity contribution in [3.8, 4) is 0 Å². The van der Waals surface area contributed by atoms with Gasteiger partial charge in [-0.1, -0.05) is 0 Å². The van der Waals surface area contributed by atoms with Gasteiger partial charge in [0.05, 0.1) is 12.9 Å². The van der Waals surface area contributed by atoms with Crippen LogP contribution in [0.4, 0.5) is 0 Å². The lowest BCUT2D eigenvalue weighted by molar-refractivity contribution is 0.577. The molecule has 0 bridgehead atoms. The van der Waals surface area contributed by atoms with E-state index in [1.54, 1.807) is 6.34 Å². The van der Waals surface area contributed by atoms with Crippen LogP contribution in [0.25, 0.3) is 0 Å². The molecule has 0 atom stereocenters. The summed E-state index contributed by atoms with van der Waals surface area (Å²) < 4.78 is 9.55. The van der Waals surface area contributed by atoms with Crippen molar-refractivity contribution in [1.29, 1.82) is 0 Å². The van der Waals surface area contributed by atoms with Crippen LogP contribution in [0.1, 0.15) is 0 Å². The minimum atomic E-state index is -3.14. The van der Waals surface area contributed by atoms with Crippen LogP contribution in [-0.2, 0) is 4.57 Å². The Hall–Kier alpha value is -0.420. The van der Waals surface area contributed by atoms with Gasteiger partial charge in [0.2, 0.25) is 0 Å². The summed E-state index contributed by atoms with van der Waals surface area (Å²) in [6, 6.07) is 0. The lowest BCUT2D eigenvalue weighted by Crippen LogP contribution is -2.12. The highest BCUT2D eigenvalue weighted by molar-refractivity contribution is 7.56. The minimum Gasteiger partial charge on any atom is -0.375 e. The average molecular weight is 165 g/mol. The van der Waals surface area contributed by atoms with Gasteiger partial charge in [-0.3, -0.25) is 26.1 Å². The predicted octanol–water partition coefficient (Wildman–Crippen LogP) is -1.41. The smallest absolute Gasteiger partial charge is 0.271 e. The van der Waals surface area contributed by atoms with Gasteiger partial charge in [-0.05, 0) is 0 Å². The van der Waals surface area contributed by atoms with Crippen molar-refractivity contribution < 1.29 is 4.57 Å². The van der Waals surface area contributed by atoms with Crippen LogP contribution in [0.5, 0.6) is 0 Å². The zero-order valence-corrected chi connectivity index (χ0v) is 6.42. The van der Waals surface area contributed by atoms with Gasteiger partial charge in [-0.25, -0.2) is 0 Å². The Bertz CT molecular complexity index is 137. The van der Waals surface area contributed by atoms with Crippen LogP contribution >= 0.6 is 7.59 Å². The van der Waals surface area contributed by atoms with E-state index in [4.69, 9.17) is 0 Å². The third-order valence-electron chi connectivity index (χ3n) is 0.568. The molecule has 60 valence electrons. The number of hydrogen-bond donors (Lipinski definition) is 4. The van der Waals surface area contributed by atoms with Gasteiger partial charge in [0.25, 0.3) is 7.59 Å². The fourth-order valence-corrected chi connectivity index (χ4v) is 0.323. The molecule has 0 aromatic rings. The maximum absolute atomic E-state index is 9.55. The van der Waals surface area contributed by atoms with Gasteiger partial charge in [-0.15, -0.1) is 0 Å². The molecule has 0 spiro atoms. The van der Waals surface area contributed by atoms with Crippen molar-refractivity contribution in [2.75, 3.05) is 13.1 Å². The first kappa shape index (κ1) is 9.58. The average Bonchev–Trinajstić information content (AvgIpc) is 2.07. The Kier molecular flexibility index (Phi) is 4.22. The summed E-state index contributed by atoms with van der Waals surface area (Å²) in [5.74, 6) is 0. The normalized spacial score (nSPS) is 15.5. The molecule has 1 heterocycles. The number of nitrogens with one attached hydrogen (secondary N) is 1. The molecule has 6 nitrogen and oxygen atoms in total. The Labute approximate surface area is 59.4 Å². The molecule has 0 radical (unpaired) electrons. The SMILES string of the molecule is C1=NCCN1.NP(N)(N)=O. The van der Waals surface area contributed by atoms with E-state index >= 15 is 0 Å². The van der Waals surface area contributed by atoms with Crippen molar-refractivity contribution in [1.82, 2.24) is 5.32 Å². The molecule has 1 aliphatic heterocycles. The van der Waals surface area contributed by atoms with E-state index in [2.05, 4.69) is 26.8 Å². The molecular formula is C3H12N5OP. The second kappa shape index (κ2) is 4.40. The summed E-state index contributed by atoms with van der Waals surface area (Å²) >= 11 is 0. The van der Waals surface area contributed by atoms with Crippen LogP contribution < -0.4 is 21.8 Å². The first-order valence-electron chi connectivity index (χ1n) is 2.67. The van der Waals surface area contributed by atoms with Gasteiger partial charge in [0.1, 0.15) is 0 Å². The Morgan fingerprint density at radius 3 is 2.10 bits per heavy atom. The van der Waals surface area contributed by atoms with Crippen molar-refractivity contribution >= 4 is 13.9 Å². The molecule has 7 N–H and O–H groups in total. The van der Waals surface area contributed by atoms with E-state index < -0.39 is 7.59 Å². The molecule has 10 heavy (non-hydrogen) atoms. The predicted molar refractivity (Wildman–Crippen MR) is 41.5 cm³/mol. The Morgan fingerprint density at radius 2 is 2.00 bits per heavy atom. The van der Waals surface area contributed by atoms with Gasteiger partial charge in [0, 0.05) is 6.54 Å². The molecule has 7 heteroatoms. The summed E-state index contributed by atoms with van der Waals surface area (Å²) in [7, 11) is -3.14. The first-order chi connectivity index (χ1) is 4.50. The fraction of sp³-hybridized carbons (Fsp3) is 0.667. The number of nitrogens with zero attached hydrogens (tertiary/aromatic N) is 1. The second-order valence-corrected chi connectivity index (χ2v) is 3.28. The van der Waals surface area contributed by atoms with Crippen molar-refractivity contribution in [2.24, 2.45) is 21.5 Å². The highest BCUT2D eigenvalue weighted by Gasteiger charge is 1.90. The van der Waals surface area contributed by atoms with E-state index in [0.29, 0.717) is 0 Å². The van der Waals surface area contributed by atoms with E-state index in [1.165, 1.54) is 0 Å². The lowest BCUT2D eigenvalue weighted by Gasteiger charge is -1.88. The maximum Gasteiger partial charge on any atom is 0.271 e. The lowest BCUT2D eigenvalue weighted by atomic mass is 10.7. The van der Waals surface area contributed by atoms with Crippen LogP contribution in [0.15, 0.2) is 4.99 Å². The number of nitrogens with two attached hydrogens (primary N) is 3. The van der Waals surface area contributed by atoms with Crippen LogP contribution in [0, 0.1) is 0 Å². The van der Waals surface area contributed by atoms with E-state index in [0.717, 1.165) is 13.1 Å². The topological polar surface area (TPSA) is 120 Å². The molecule has 0 saturated carbocycles. The fourth-order valence-electron chi connectivity index (χ4n) is 0.323. The molecule has 1 aliphatic rings. The zero-order valence-electron chi connectivity index (χ0n) is 5.53. The molecule has 0 saturated heterocycles. The minimum absolute atomic E-state index is 0.958. The molecule has 0 aliphatic carbocycles. The number of rotatable bonds is 0. The maximum atomic E-state index is 9.55. The standard InChI is InChI=1S/C3H6N2.H6N3OP/c1-2-5-3-4-1;1-5(2,3)4/h3H,1-2H2,(H,4,5);(H6,1,2,3,4). The summed E-state index contributed by atoms with van der Waals surface area (Å²) in [6.45, 7) is 1.99. The van der Waals surface area contributed by atoms with E-state index in [9.17, 15) is 4.57 Å². The first-order valence-corrected chi connectivity index (χ1v) is 4.59.